The third-order valence-electron chi connectivity index (χ3n) is 2.75. The van der Waals surface area contributed by atoms with Crippen LogP contribution in [0.25, 0.3) is 0 Å². The van der Waals surface area contributed by atoms with E-state index in [2.05, 4.69) is 16.8 Å². The van der Waals surface area contributed by atoms with E-state index in [-0.39, 0.29) is 23.7 Å². The molecule has 1 atom stereocenters. The number of hydrogen-bond donors (Lipinski definition) is 1. The van der Waals surface area contributed by atoms with E-state index in [0.717, 1.165) is 13.0 Å². The molecular weight excluding hydrogens is 240 g/mol. The van der Waals surface area contributed by atoms with Crippen LogP contribution in [-0.2, 0) is 9.59 Å². The Morgan fingerprint density at radius 3 is 2.47 bits per heavy atom. The predicted molar refractivity (Wildman–Crippen MR) is 78.9 cm³/mol. The van der Waals surface area contributed by atoms with E-state index in [1.807, 2.05) is 33.9 Å². The van der Waals surface area contributed by atoms with Crippen LogP contribution in [-0.4, -0.2) is 42.8 Å². The van der Waals surface area contributed by atoms with Gasteiger partial charge in [-0.25, -0.2) is 0 Å². The zero-order valence-corrected chi connectivity index (χ0v) is 12.5. The first-order chi connectivity index (χ1) is 8.86. The Kier molecular flexibility index (Phi) is 8.79. The van der Waals surface area contributed by atoms with Gasteiger partial charge in [0.05, 0.1) is 0 Å². The SMILES string of the molecule is C=CC(=O)C(C)CCN(C)C/C=C/C(=O)NC(C)C. The number of rotatable bonds is 9. The lowest BCUT2D eigenvalue weighted by Gasteiger charge is -2.16. The number of allylic oxidation sites excluding steroid dienone is 1. The van der Waals surface area contributed by atoms with E-state index in [1.165, 1.54) is 6.08 Å². The van der Waals surface area contributed by atoms with Gasteiger partial charge in [0.15, 0.2) is 5.78 Å². The molecule has 1 unspecified atom stereocenters. The van der Waals surface area contributed by atoms with Gasteiger partial charge in [-0.2, -0.15) is 0 Å². The van der Waals surface area contributed by atoms with Crippen molar-refractivity contribution in [3.8, 4) is 0 Å². The molecule has 108 valence electrons. The molecule has 0 bridgehead atoms. The lowest BCUT2D eigenvalue weighted by atomic mass is 10.0. The molecule has 0 aromatic carbocycles. The van der Waals surface area contributed by atoms with Crippen molar-refractivity contribution in [1.29, 1.82) is 0 Å². The molecule has 19 heavy (non-hydrogen) atoms. The first-order valence-electron chi connectivity index (χ1n) is 6.68. The number of carbonyl (C=O) groups is 2. The maximum absolute atomic E-state index is 11.4. The highest BCUT2D eigenvalue weighted by molar-refractivity contribution is 5.90. The summed E-state index contributed by atoms with van der Waals surface area (Å²) in [5.41, 5.74) is 0. The summed E-state index contributed by atoms with van der Waals surface area (Å²) in [6.45, 7) is 10.8. The summed E-state index contributed by atoms with van der Waals surface area (Å²) in [5, 5.41) is 2.79. The second-order valence-corrected chi connectivity index (χ2v) is 5.12. The summed E-state index contributed by atoms with van der Waals surface area (Å²) in [5.74, 6) is 0.0204. The summed E-state index contributed by atoms with van der Waals surface area (Å²) in [4.78, 5) is 24.8. The summed E-state index contributed by atoms with van der Waals surface area (Å²) in [6.07, 6.45) is 5.56. The van der Waals surface area contributed by atoms with Gasteiger partial charge in [0.2, 0.25) is 5.91 Å². The molecule has 0 fully saturated rings. The Bertz CT molecular complexity index is 335. The molecule has 4 nitrogen and oxygen atoms in total. The summed E-state index contributed by atoms with van der Waals surface area (Å²) < 4.78 is 0. The monoisotopic (exact) mass is 266 g/mol. The van der Waals surface area contributed by atoms with Crippen LogP contribution in [0, 0.1) is 5.92 Å². The largest absolute Gasteiger partial charge is 0.350 e. The highest BCUT2D eigenvalue weighted by atomic mass is 16.1. The van der Waals surface area contributed by atoms with Gasteiger partial charge in [-0.3, -0.25) is 9.59 Å². The zero-order chi connectivity index (χ0) is 14.8. The number of nitrogens with one attached hydrogen (secondary N) is 1. The average molecular weight is 266 g/mol. The van der Waals surface area contributed by atoms with Crippen LogP contribution in [0.5, 0.6) is 0 Å². The van der Waals surface area contributed by atoms with Crippen LogP contribution < -0.4 is 5.32 Å². The van der Waals surface area contributed by atoms with Crippen molar-refractivity contribution >= 4 is 11.7 Å². The van der Waals surface area contributed by atoms with Gasteiger partial charge in [-0.05, 0) is 39.9 Å². The fourth-order valence-electron chi connectivity index (χ4n) is 1.52. The molecule has 4 heteroatoms. The van der Waals surface area contributed by atoms with Gasteiger partial charge in [0.1, 0.15) is 0 Å². The van der Waals surface area contributed by atoms with Crippen LogP contribution in [0.3, 0.4) is 0 Å². The molecule has 1 N–H and O–H groups in total. The van der Waals surface area contributed by atoms with Crippen molar-refractivity contribution in [2.45, 2.75) is 33.2 Å². The lowest BCUT2D eigenvalue weighted by molar-refractivity contribution is -0.118. The minimum atomic E-state index is -0.0707. The Morgan fingerprint density at radius 1 is 1.32 bits per heavy atom. The van der Waals surface area contributed by atoms with Crippen molar-refractivity contribution in [3.63, 3.8) is 0 Å². The molecule has 0 radical (unpaired) electrons. The third kappa shape index (κ3) is 9.19. The molecule has 0 rings (SSSR count). The fraction of sp³-hybridized carbons (Fsp3) is 0.600. The molecule has 0 saturated heterocycles. The van der Waals surface area contributed by atoms with Crippen molar-refractivity contribution in [1.82, 2.24) is 10.2 Å². The van der Waals surface area contributed by atoms with Gasteiger partial charge < -0.3 is 10.2 Å². The molecule has 0 heterocycles. The number of nitrogens with zero attached hydrogens (tertiary/aromatic N) is 1. The molecule has 0 aliphatic carbocycles. The van der Waals surface area contributed by atoms with E-state index in [4.69, 9.17) is 0 Å². The normalized spacial score (nSPS) is 12.9. The molecule has 0 spiro atoms. The van der Waals surface area contributed by atoms with Gasteiger partial charge >= 0.3 is 0 Å². The van der Waals surface area contributed by atoms with E-state index in [9.17, 15) is 9.59 Å². The van der Waals surface area contributed by atoms with Crippen LogP contribution in [0.15, 0.2) is 24.8 Å². The molecule has 0 saturated carbocycles. The van der Waals surface area contributed by atoms with Crippen LogP contribution in [0.1, 0.15) is 27.2 Å². The van der Waals surface area contributed by atoms with Crippen molar-refractivity contribution in [2.75, 3.05) is 20.1 Å². The average Bonchev–Trinajstić information content (AvgIpc) is 2.33. The molecule has 0 aromatic rings. The first kappa shape index (κ1) is 17.6. The van der Waals surface area contributed by atoms with Gasteiger partial charge in [0, 0.05) is 24.6 Å². The smallest absolute Gasteiger partial charge is 0.243 e. The predicted octanol–water partition coefficient (Wildman–Crippen LogP) is 1.78. The summed E-state index contributed by atoms with van der Waals surface area (Å²) >= 11 is 0. The lowest BCUT2D eigenvalue weighted by Crippen LogP contribution is -2.28. The van der Waals surface area contributed by atoms with Gasteiger partial charge in [-0.1, -0.05) is 19.6 Å². The van der Waals surface area contributed by atoms with Crippen LogP contribution in [0.2, 0.25) is 0 Å². The maximum atomic E-state index is 11.4. The number of hydrogen-bond acceptors (Lipinski definition) is 3. The Balaban J connectivity index is 3.89. The molecule has 0 aliphatic heterocycles. The molecule has 0 aromatic heterocycles. The molecular formula is C15H26N2O2. The highest BCUT2D eigenvalue weighted by Crippen LogP contribution is 2.04. The van der Waals surface area contributed by atoms with Crippen molar-refractivity contribution < 1.29 is 9.59 Å². The van der Waals surface area contributed by atoms with E-state index < -0.39 is 0 Å². The topological polar surface area (TPSA) is 49.4 Å². The fourth-order valence-corrected chi connectivity index (χ4v) is 1.52. The Morgan fingerprint density at radius 2 is 1.95 bits per heavy atom. The van der Waals surface area contributed by atoms with E-state index in [0.29, 0.717) is 6.54 Å². The zero-order valence-electron chi connectivity index (χ0n) is 12.5. The summed E-state index contributed by atoms with van der Waals surface area (Å²) in [7, 11) is 1.97. The van der Waals surface area contributed by atoms with E-state index >= 15 is 0 Å². The Hall–Kier alpha value is -1.42. The van der Waals surface area contributed by atoms with E-state index in [1.54, 1.807) is 6.08 Å². The quantitative estimate of drug-likeness (QED) is 0.647. The van der Waals surface area contributed by atoms with Crippen molar-refractivity contribution in [2.24, 2.45) is 5.92 Å². The minimum absolute atomic E-state index is 0.00756. The third-order valence-corrected chi connectivity index (χ3v) is 2.75. The van der Waals surface area contributed by atoms with Crippen molar-refractivity contribution in [3.05, 3.63) is 24.8 Å². The highest BCUT2D eigenvalue weighted by Gasteiger charge is 2.09. The maximum Gasteiger partial charge on any atom is 0.243 e. The van der Waals surface area contributed by atoms with Crippen LogP contribution in [0.4, 0.5) is 0 Å². The first-order valence-corrected chi connectivity index (χ1v) is 6.68. The number of likely N-dealkylation sites (N-methyl/N-ethyl adjacent to an activating group) is 1. The second kappa shape index (κ2) is 9.50. The second-order valence-electron chi connectivity index (χ2n) is 5.12. The number of ketones is 1. The number of amides is 1. The van der Waals surface area contributed by atoms with Gasteiger partial charge in [-0.15, -0.1) is 0 Å². The Labute approximate surface area is 116 Å². The minimum Gasteiger partial charge on any atom is -0.350 e. The van der Waals surface area contributed by atoms with Crippen LogP contribution >= 0.6 is 0 Å². The van der Waals surface area contributed by atoms with Gasteiger partial charge in [0.25, 0.3) is 0 Å². The number of carbonyl (C=O) groups excluding carboxylic acids is 2. The molecule has 0 aliphatic rings. The molecule has 1 amide bonds. The summed E-state index contributed by atoms with van der Waals surface area (Å²) in [6, 6.07) is 0.153. The standard InChI is InChI=1S/C15H26N2O2/c1-6-14(18)13(4)9-11-17(5)10-7-8-15(19)16-12(2)3/h6-8,12-13H,1,9-11H2,2-5H3,(H,16,19)/b8-7+.